The molecule has 0 saturated heterocycles. The summed E-state index contributed by atoms with van der Waals surface area (Å²) in [6, 6.07) is 5.43. The van der Waals surface area contributed by atoms with E-state index in [4.69, 9.17) is 16.3 Å². The fraction of sp³-hybridized carbons (Fsp3) is 0.154. The van der Waals surface area contributed by atoms with Gasteiger partial charge >= 0.3 is 0 Å². The number of imidazole rings is 1. The van der Waals surface area contributed by atoms with Gasteiger partial charge in [-0.1, -0.05) is 17.7 Å². The number of aryl methyl sites for hydroxylation is 1. The highest BCUT2D eigenvalue weighted by Crippen LogP contribution is 2.31. The molecule has 0 aliphatic heterocycles. The van der Waals surface area contributed by atoms with Crippen LogP contribution >= 0.6 is 22.9 Å². The molecule has 0 saturated carbocycles. The standard InChI is InChI=1S/C13H11ClN2O2S/c1-8-2-3-9(14)6-11(8)18-12-10(7-17)16-4-5-19-13(16)15-12/h2-6,17H,7H2,1H3. The number of thiazole rings is 1. The van der Waals surface area contributed by atoms with E-state index in [9.17, 15) is 5.11 Å². The number of aliphatic hydroxyl groups excluding tert-OH is 1. The Balaban J connectivity index is 2.05. The number of aromatic nitrogens is 2. The largest absolute Gasteiger partial charge is 0.437 e. The third-order valence-corrected chi connectivity index (χ3v) is 3.82. The molecule has 19 heavy (non-hydrogen) atoms. The number of nitrogens with zero attached hydrogens (tertiary/aromatic N) is 2. The molecule has 1 aromatic carbocycles. The minimum Gasteiger partial charge on any atom is -0.437 e. The topological polar surface area (TPSA) is 46.8 Å². The number of hydrogen-bond donors (Lipinski definition) is 1. The molecule has 0 radical (unpaired) electrons. The van der Waals surface area contributed by atoms with Crippen molar-refractivity contribution >= 4 is 27.9 Å². The van der Waals surface area contributed by atoms with E-state index in [0.717, 1.165) is 10.5 Å². The predicted molar refractivity (Wildman–Crippen MR) is 75.3 cm³/mol. The smallest absolute Gasteiger partial charge is 0.244 e. The maximum Gasteiger partial charge on any atom is 0.244 e. The highest BCUT2D eigenvalue weighted by atomic mass is 35.5. The van der Waals surface area contributed by atoms with Crippen LogP contribution in [0.5, 0.6) is 11.6 Å². The van der Waals surface area contributed by atoms with E-state index >= 15 is 0 Å². The Morgan fingerprint density at radius 2 is 2.32 bits per heavy atom. The van der Waals surface area contributed by atoms with Crippen molar-refractivity contribution in [2.45, 2.75) is 13.5 Å². The Morgan fingerprint density at radius 1 is 1.47 bits per heavy atom. The van der Waals surface area contributed by atoms with Crippen molar-refractivity contribution in [1.29, 1.82) is 0 Å². The molecule has 0 atom stereocenters. The third-order valence-electron chi connectivity index (χ3n) is 2.83. The lowest BCUT2D eigenvalue weighted by Gasteiger charge is -2.07. The van der Waals surface area contributed by atoms with Gasteiger partial charge in [-0.25, -0.2) is 0 Å². The number of hydrogen-bond acceptors (Lipinski definition) is 4. The van der Waals surface area contributed by atoms with E-state index in [1.54, 1.807) is 6.07 Å². The van der Waals surface area contributed by atoms with E-state index in [-0.39, 0.29) is 6.61 Å². The average Bonchev–Trinajstić information content (AvgIpc) is 2.94. The Kier molecular flexibility index (Phi) is 3.18. The lowest BCUT2D eigenvalue weighted by Crippen LogP contribution is -1.94. The summed E-state index contributed by atoms with van der Waals surface area (Å²) >= 11 is 7.45. The minimum absolute atomic E-state index is 0.132. The second-order valence-corrected chi connectivity index (χ2v) is 5.40. The van der Waals surface area contributed by atoms with Gasteiger partial charge in [0.15, 0.2) is 4.96 Å². The molecule has 0 amide bonds. The van der Waals surface area contributed by atoms with Crippen LogP contribution < -0.4 is 4.74 Å². The summed E-state index contributed by atoms with van der Waals surface area (Å²) in [7, 11) is 0. The summed E-state index contributed by atoms with van der Waals surface area (Å²) in [5, 5.41) is 12.0. The van der Waals surface area contributed by atoms with Crippen molar-refractivity contribution in [2.75, 3.05) is 0 Å². The molecule has 0 fully saturated rings. The lowest BCUT2D eigenvalue weighted by atomic mass is 10.2. The average molecular weight is 295 g/mol. The third kappa shape index (κ3) is 2.20. The molecule has 0 spiro atoms. The Morgan fingerprint density at radius 3 is 3.11 bits per heavy atom. The van der Waals surface area contributed by atoms with Crippen molar-refractivity contribution in [3.63, 3.8) is 0 Å². The number of ether oxygens (including phenoxy) is 1. The second kappa shape index (κ2) is 4.85. The summed E-state index contributed by atoms with van der Waals surface area (Å²) in [5.74, 6) is 1.06. The SMILES string of the molecule is Cc1ccc(Cl)cc1Oc1nc2sccn2c1CO. The molecule has 1 N–H and O–H groups in total. The van der Waals surface area contributed by atoms with Crippen LogP contribution in [0.2, 0.25) is 5.02 Å². The van der Waals surface area contributed by atoms with Crippen LogP contribution in [0.3, 0.4) is 0 Å². The number of benzene rings is 1. The number of halogens is 1. The van der Waals surface area contributed by atoms with E-state index in [1.807, 2.05) is 35.0 Å². The van der Waals surface area contributed by atoms with E-state index in [1.165, 1.54) is 11.3 Å². The maximum atomic E-state index is 9.46. The first-order valence-electron chi connectivity index (χ1n) is 5.68. The summed E-state index contributed by atoms with van der Waals surface area (Å²) in [5.41, 5.74) is 1.60. The zero-order chi connectivity index (χ0) is 13.4. The van der Waals surface area contributed by atoms with Crippen molar-refractivity contribution in [2.24, 2.45) is 0 Å². The van der Waals surface area contributed by atoms with Gasteiger partial charge in [-0.05, 0) is 24.6 Å². The van der Waals surface area contributed by atoms with Gasteiger partial charge in [0, 0.05) is 16.6 Å². The molecule has 0 aliphatic carbocycles. The monoisotopic (exact) mass is 294 g/mol. The van der Waals surface area contributed by atoms with Gasteiger partial charge in [-0.2, -0.15) is 4.98 Å². The van der Waals surface area contributed by atoms with Gasteiger partial charge < -0.3 is 9.84 Å². The van der Waals surface area contributed by atoms with Gasteiger partial charge in [0.05, 0.1) is 6.61 Å². The van der Waals surface area contributed by atoms with E-state index < -0.39 is 0 Å². The van der Waals surface area contributed by atoms with Crippen molar-refractivity contribution in [1.82, 2.24) is 9.38 Å². The first-order valence-corrected chi connectivity index (χ1v) is 6.94. The summed E-state index contributed by atoms with van der Waals surface area (Å²) in [6.07, 6.45) is 1.86. The summed E-state index contributed by atoms with van der Waals surface area (Å²) in [4.78, 5) is 5.16. The molecule has 0 unspecified atom stereocenters. The molecule has 3 aromatic rings. The normalized spacial score (nSPS) is 11.1. The zero-order valence-corrected chi connectivity index (χ0v) is 11.7. The summed E-state index contributed by atoms with van der Waals surface area (Å²) < 4.78 is 7.60. The molecular formula is C13H11ClN2O2S. The molecular weight excluding hydrogens is 284 g/mol. The van der Waals surface area contributed by atoms with Crippen LogP contribution in [0.25, 0.3) is 4.96 Å². The van der Waals surface area contributed by atoms with Crippen molar-refractivity contribution in [3.05, 3.63) is 46.1 Å². The van der Waals surface area contributed by atoms with Crippen LogP contribution in [-0.2, 0) is 6.61 Å². The van der Waals surface area contributed by atoms with E-state index in [2.05, 4.69) is 4.98 Å². The number of fused-ring (bicyclic) bond motifs is 1. The number of rotatable bonds is 3. The van der Waals surface area contributed by atoms with Crippen LogP contribution in [0.4, 0.5) is 0 Å². The Labute approximate surface area is 118 Å². The van der Waals surface area contributed by atoms with Crippen LogP contribution in [0.1, 0.15) is 11.3 Å². The predicted octanol–water partition coefficient (Wildman–Crippen LogP) is 3.64. The summed E-state index contributed by atoms with van der Waals surface area (Å²) in [6.45, 7) is 1.80. The number of aliphatic hydroxyl groups is 1. The van der Waals surface area contributed by atoms with Gasteiger partial charge in [0.2, 0.25) is 5.88 Å². The minimum atomic E-state index is -0.132. The molecule has 98 valence electrons. The van der Waals surface area contributed by atoms with Gasteiger partial charge in [-0.15, -0.1) is 11.3 Å². The molecule has 0 aliphatic rings. The molecule has 0 bridgehead atoms. The first-order chi connectivity index (χ1) is 9.19. The molecule has 6 heteroatoms. The molecule has 2 aromatic heterocycles. The quantitative estimate of drug-likeness (QED) is 0.802. The van der Waals surface area contributed by atoms with Crippen molar-refractivity contribution in [3.8, 4) is 11.6 Å². The van der Waals surface area contributed by atoms with Crippen LogP contribution in [-0.4, -0.2) is 14.5 Å². The van der Waals surface area contributed by atoms with Gasteiger partial charge in [0.25, 0.3) is 0 Å². The lowest BCUT2D eigenvalue weighted by molar-refractivity contribution is 0.269. The Hall–Kier alpha value is -1.56. The van der Waals surface area contributed by atoms with Gasteiger partial charge in [-0.3, -0.25) is 4.40 Å². The fourth-order valence-corrected chi connectivity index (χ4v) is 2.71. The van der Waals surface area contributed by atoms with Crippen LogP contribution in [0.15, 0.2) is 29.8 Å². The molecule has 4 nitrogen and oxygen atoms in total. The maximum absolute atomic E-state index is 9.46. The second-order valence-electron chi connectivity index (χ2n) is 4.09. The molecule has 3 rings (SSSR count). The van der Waals surface area contributed by atoms with Crippen molar-refractivity contribution < 1.29 is 9.84 Å². The highest BCUT2D eigenvalue weighted by Gasteiger charge is 2.15. The van der Waals surface area contributed by atoms with Crippen LogP contribution in [0, 0.1) is 6.92 Å². The molecule has 2 heterocycles. The fourth-order valence-electron chi connectivity index (χ4n) is 1.83. The zero-order valence-electron chi connectivity index (χ0n) is 10.1. The first kappa shape index (κ1) is 12.5. The Bertz CT molecular complexity index is 735. The van der Waals surface area contributed by atoms with Gasteiger partial charge in [0.1, 0.15) is 11.4 Å². The highest BCUT2D eigenvalue weighted by molar-refractivity contribution is 7.15. The van der Waals surface area contributed by atoms with E-state index in [0.29, 0.717) is 22.3 Å².